The molecule has 0 saturated heterocycles. The van der Waals surface area contributed by atoms with Crippen LogP contribution in [0.15, 0.2) is 0 Å². The Hall–Kier alpha value is -0.0900. The highest BCUT2D eigenvalue weighted by molar-refractivity contribution is 7.91. The molecule has 0 aromatic heterocycles. The minimum atomic E-state index is -2.94. The van der Waals surface area contributed by atoms with E-state index < -0.39 is 9.84 Å². The minimum absolute atomic E-state index is 0.0578. The summed E-state index contributed by atoms with van der Waals surface area (Å²) in [6.45, 7) is 0. The lowest BCUT2D eigenvalue weighted by atomic mass is 10.2. The topological polar surface area (TPSA) is 51.2 Å². The van der Waals surface area contributed by atoms with E-state index in [4.69, 9.17) is 11.6 Å². The summed E-state index contributed by atoms with van der Waals surface area (Å²) < 4.78 is 22.2. The summed E-state index contributed by atoms with van der Waals surface area (Å²) in [6.07, 6.45) is 3.58. The summed E-state index contributed by atoms with van der Waals surface area (Å²) in [5.74, 6) is 0.414. The molecule has 3 nitrogen and oxygen atoms in total. The van der Waals surface area contributed by atoms with E-state index >= 15 is 0 Å². The fourth-order valence-corrected chi connectivity index (χ4v) is 2.73. The van der Waals surface area contributed by atoms with Crippen LogP contribution in [0.1, 0.15) is 25.7 Å². The molecular formula is C8H15ClO3S. The first-order chi connectivity index (χ1) is 6.12. The first-order valence-electron chi connectivity index (χ1n) is 4.32. The molecule has 0 rings (SSSR count). The molecule has 0 aromatic carbocycles. The Labute approximate surface area is 84.4 Å². The van der Waals surface area contributed by atoms with Crippen LogP contribution in [0.3, 0.4) is 0 Å². The van der Waals surface area contributed by atoms with E-state index in [-0.39, 0.29) is 17.4 Å². The van der Waals surface area contributed by atoms with Crippen molar-refractivity contribution in [2.24, 2.45) is 0 Å². The van der Waals surface area contributed by atoms with Crippen molar-refractivity contribution in [3.8, 4) is 0 Å². The van der Waals surface area contributed by atoms with Gasteiger partial charge in [0.1, 0.15) is 6.29 Å². The lowest BCUT2D eigenvalue weighted by Crippen LogP contribution is -2.11. The van der Waals surface area contributed by atoms with E-state index in [1.165, 1.54) is 0 Å². The van der Waals surface area contributed by atoms with Gasteiger partial charge in [-0.1, -0.05) is 6.42 Å². The summed E-state index contributed by atoms with van der Waals surface area (Å²) >= 11 is 5.32. The summed E-state index contributed by atoms with van der Waals surface area (Å²) in [6, 6.07) is 0. The second kappa shape index (κ2) is 7.33. The molecular weight excluding hydrogens is 212 g/mol. The summed E-state index contributed by atoms with van der Waals surface area (Å²) in [5, 5.41) is 0. The summed E-state index contributed by atoms with van der Waals surface area (Å²) in [5.41, 5.74) is 0. The molecule has 0 spiro atoms. The molecule has 0 aromatic rings. The Morgan fingerprint density at radius 2 is 1.77 bits per heavy atom. The molecule has 0 radical (unpaired) electrons. The van der Waals surface area contributed by atoms with E-state index in [0.29, 0.717) is 12.8 Å². The summed E-state index contributed by atoms with van der Waals surface area (Å²) in [7, 11) is -2.94. The van der Waals surface area contributed by atoms with Crippen LogP contribution in [0.25, 0.3) is 0 Å². The van der Waals surface area contributed by atoms with Crippen molar-refractivity contribution in [2.75, 3.05) is 17.4 Å². The van der Waals surface area contributed by atoms with Gasteiger partial charge in [0.25, 0.3) is 0 Å². The number of unbranched alkanes of at least 4 members (excludes halogenated alkanes) is 3. The largest absolute Gasteiger partial charge is 0.303 e. The smallest absolute Gasteiger partial charge is 0.151 e. The van der Waals surface area contributed by atoms with Crippen LogP contribution in [0.4, 0.5) is 0 Å². The zero-order valence-corrected chi connectivity index (χ0v) is 9.11. The number of hydrogen-bond donors (Lipinski definition) is 0. The Morgan fingerprint density at radius 3 is 2.31 bits per heavy atom. The summed E-state index contributed by atoms with van der Waals surface area (Å²) in [4.78, 5) is 9.93. The highest BCUT2D eigenvalue weighted by atomic mass is 35.5. The van der Waals surface area contributed by atoms with Gasteiger partial charge in [-0.2, -0.15) is 0 Å². The Balaban J connectivity index is 3.46. The second-order valence-electron chi connectivity index (χ2n) is 2.86. The van der Waals surface area contributed by atoms with E-state index in [1.807, 2.05) is 0 Å². The minimum Gasteiger partial charge on any atom is -0.303 e. The lowest BCUT2D eigenvalue weighted by Gasteiger charge is -2.00. The number of sulfone groups is 1. The molecule has 0 N–H and O–H groups in total. The molecule has 0 bridgehead atoms. The molecule has 78 valence electrons. The molecule has 13 heavy (non-hydrogen) atoms. The predicted molar refractivity (Wildman–Crippen MR) is 53.9 cm³/mol. The van der Waals surface area contributed by atoms with Crippen LogP contribution in [0.2, 0.25) is 0 Å². The third-order valence-corrected chi connectivity index (χ3v) is 3.82. The molecule has 0 saturated carbocycles. The monoisotopic (exact) mass is 226 g/mol. The highest BCUT2D eigenvalue weighted by Crippen LogP contribution is 2.02. The van der Waals surface area contributed by atoms with Crippen molar-refractivity contribution in [3.63, 3.8) is 0 Å². The fourth-order valence-electron chi connectivity index (χ4n) is 0.946. The molecule has 0 aliphatic carbocycles. The number of rotatable bonds is 8. The molecule has 0 atom stereocenters. The molecule has 0 heterocycles. The average molecular weight is 227 g/mol. The number of carbonyl (C=O) groups excluding carboxylic acids is 1. The fraction of sp³-hybridized carbons (Fsp3) is 0.875. The van der Waals surface area contributed by atoms with Crippen LogP contribution < -0.4 is 0 Å². The molecule has 0 aliphatic heterocycles. The average Bonchev–Trinajstić information content (AvgIpc) is 2.04. The van der Waals surface area contributed by atoms with Gasteiger partial charge in [-0.3, -0.25) is 0 Å². The van der Waals surface area contributed by atoms with Crippen LogP contribution in [0, 0.1) is 0 Å². The van der Waals surface area contributed by atoms with Crippen molar-refractivity contribution in [1.82, 2.24) is 0 Å². The third kappa shape index (κ3) is 8.25. The molecule has 0 aliphatic rings. The van der Waals surface area contributed by atoms with Crippen molar-refractivity contribution in [2.45, 2.75) is 25.7 Å². The van der Waals surface area contributed by atoms with Crippen molar-refractivity contribution < 1.29 is 13.2 Å². The van der Waals surface area contributed by atoms with Gasteiger partial charge in [-0.15, -0.1) is 11.6 Å². The molecule has 5 heteroatoms. The van der Waals surface area contributed by atoms with Gasteiger partial charge in [-0.05, 0) is 12.8 Å². The number of halogens is 1. The quantitative estimate of drug-likeness (QED) is 0.357. The maximum absolute atomic E-state index is 11.1. The molecule has 0 fully saturated rings. The first kappa shape index (κ1) is 12.9. The van der Waals surface area contributed by atoms with Gasteiger partial charge in [0.05, 0.1) is 11.5 Å². The van der Waals surface area contributed by atoms with E-state index in [9.17, 15) is 13.2 Å². The van der Waals surface area contributed by atoms with Gasteiger partial charge in [-0.25, -0.2) is 8.42 Å². The van der Waals surface area contributed by atoms with Crippen LogP contribution in [-0.4, -0.2) is 32.1 Å². The molecule has 0 amide bonds. The van der Waals surface area contributed by atoms with Crippen LogP contribution in [0.5, 0.6) is 0 Å². The number of carbonyl (C=O) groups is 1. The van der Waals surface area contributed by atoms with Gasteiger partial charge >= 0.3 is 0 Å². The Kier molecular flexibility index (Phi) is 7.28. The maximum Gasteiger partial charge on any atom is 0.151 e. The SMILES string of the molecule is O=CCCCCCS(=O)(=O)CCCl. The van der Waals surface area contributed by atoms with Gasteiger partial charge < -0.3 is 4.79 Å². The van der Waals surface area contributed by atoms with Crippen molar-refractivity contribution in [1.29, 1.82) is 0 Å². The van der Waals surface area contributed by atoms with E-state index in [0.717, 1.165) is 19.1 Å². The number of alkyl halides is 1. The standard InChI is InChI=1S/C8H15ClO3S/c9-5-8-13(11,12)7-4-2-1-3-6-10/h6H,1-5,7-8H2. The molecule has 0 unspecified atom stereocenters. The Morgan fingerprint density at radius 1 is 1.08 bits per heavy atom. The predicted octanol–water partition coefficient (Wildman–Crippen LogP) is 1.40. The number of hydrogen-bond acceptors (Lipinski definition) is 3. The zero-order valence-electron chi connectivity index (χ0n) is 7.54. The lowest BCUT2D eigenvalue weighted by molar-refractivity contribution is -0.107. The first-order valence-corrected chi connectivity index (χ1v) is 6.68. The van der Waals surface area contributed by atoms with Crippen molar-refractivity contribution in [3.05, 3.63) is 0 Å². The second-order valence-corrected chi connectivity index (χ2v) is 5.54. The zero-order chi connectivity index (χ0) is 10.2. The van der Waals surface area contributed by atoms with E-state index in [1.54, 1.807) is 0 Å². The maximum atomic E-state index is 11.1. The van der Waals surface area contributed by atoms with Gasteiger partial charge in [0, 0.05) is 12.3 Å². The van der Waals surface area contributed by atoms with Gasteiger partial charge in [0.2, 0.25) is 0 Å². The number of aldehydes is 1. The third-order valence-electron chi connectivity index (χ3n) is 1.67. The van der Waals surface area contributed by atoms with E-state index in [2.05, 4.69) is 0 Å². The van der Waals surface area contributed by atoms with Crippen LogP contribution >= 0.6 is 11.6 Å². The van der Waals surface area contributed by atoms with Crippen LogP contribution in [-0.2, 0) is 14.6 Å². The van der Waals surface area contributed by atoms with Crippen molar-refractivity contribution >= 4 is 27.7 Å². The highest BCUT2D eigenvalue weighted by Gasteiger charge is 2.08. The normalized spacial score (nSPS) is 11.5. The Bertz CT molecular complexity index is 224. The van der Waals surface area contributed by atoms with Gasteiger partial charge in [0.15, 0.2) is 9.84 Å².